The monoisotopic (exact) mass is 539 g/mol. The minimum atomic E-state index is -2.46. The van der Waals surface area contributed by atoms with Gasteiger partial charge < -0.3 is 9.57 Å². The molecule has 0 fully saturated rings. The zero-order valence-corrected chi connectivity index (χ0v) is 19.3. The summed E-state index contributed by atoms with van der Waals surface area (Å²) < 4.78 is 101. The molecule has 1 unspecified atom stereocenters. The molecule has 0 heterocycles. The lowest BCUT2D eigenvalue weighted by Gasteiger charge is -2.16. The van der Waals surface area contributed by atoms with Gasteiger partial charge in [0, 0.05) is 12.5 Å². The van der Waals surface area contributed by atoms with Crippen LogP contribution in [0.15, 0.2) is 65.8 Å². The van der Waals surface area contributed by atoms with Gasteiger partial charge in [0.15, 0.2) is 23.3 Å². The van der Waals surface area contributed by atoms with E-state index in [0.717, 1.165) is 12.1 Å². The fraction of sp³-hybridized carbons (Fsp3) is 0.115. The molecule has 198 valence electrons. The number of hydrogen-bond acceptors (Lipinski definition) is 5. The first kappa shape index (κ1) is 28.1. The largest absolute Gasteiger partial charge is 0.454 e. The quantitative estimate of drug-likeness (QED) is 0.0485. The second-order valence-corrected chi connectivity index (χ2v) is 7.53. The first-order chi connectivity index (χ1) is 18.0. The lowest BCUT2D eigenvalue weighted by molar-refractivity contribution is 0.0391. The number of rotatable bonds is 8. The van der Waals surface area contributed by atoms with Crippen LogP contribution in [0.5, 0.6) is 0 Å². The molecule has 0 aromatic heterocycles. The van der Waals surface area contributed by atoms with Crippen LogP contribution in [0.3, 0.4) is 0 Å². The van der Waals surface area contributed by atoms with Crippen LogP contribution in [0.1, 0.15) is 39.6 Å². The van der Waals surface area contributed by atoms with Crippen LogP contribution in [0, 0.1) is 40.7 Å². The smallest absolute Gasteiger partial charge is 0.371 e. The second kappa shape index (κ2) is 12.2. The molecule has 1 atom stereocenters. The fourth-order valence-corrected chi connectivity index (χ4v) is 3.17. The first-order valence-electron chi connectivity index (χ1n) is 10.7. The molecule has 0 aliphatic heterocycles. The van der Waals surface area contributed by atoms with E-state index in [4.69, 9.17) is 4.74 Å². The normalized spacial score (nSPS) is 12.5. The highest BCUT2D eigenvalue weighted by Gasteiger charge is 2.31. The SMILES string of the molecule is C/C=C/C(C/C(=N/OC(=O)c1c(F)c(F)c(F)c(F)c1F)c1ccccc1)OC(=O)c1ccc(F)cc1F. The number of esters is 1. The molecule has 3 rings (SSSR count). The van der Waals surface area contributed by atoms with Gasteiger partial charge in [-0.15, -0.1) is 0 Å². The van der Waals surface area contributed by atoms with Crippen molar-refractivity contribution in [3.63, 3.8) is 0 Å². The first-order valence-corrected chi connectivity index (χ1v) is 10.7. The van der Waals surface area contributed by atoms with Gasteiger partial charge in [-0.3, -0.25) is 0 Å². The summed E-state index contributed by atoms with van der Waals surface area (Å²) in [5, 5.41) is 3.51. The molecule has 0 N–H and O–H groups in total. The molecule has 0 saturated carbocycles. The number of carbonyl (C=O) groups excluding carboxylic acids is 2. The van der Waals surface area contributed by atoms with E-state index in [1.807, 2.05) is 0 Å². The summed E-state index contributed by atoms with van der Waals surface area (Å²) in [5.74, 6) is -17.2. The van der Waals surface area contributed by atoms with Crippen molar-refractivity contribution in [3.05, 3.63) is 118 Å². The van der Waals surface area contributed by atoms with E-state index in [1.54, 1.807) is 25.1 Å². The summed E-state index contributed by atoms with van der Waals surface area (Å²) in [7, 11) is 0. The number of allylic oxidation sites excluding steroid dienone is 1. The van der Waals surface area contributed by atoms with E-state index < -0.39 is 69.9 Å². The van der Waals surface area contributed by atoms with Crippen LogP contribution < -0.4 is 0 Å². The summed E-state index contributed by atoms with van der Waals surface area (Å²) in [5.41, 5.74) is -2.33. The van der Waals surface area contributed by atoms with Crippen molar-refractivity contribution in [2.45, 2.75) is 19.4 Å². The Labute approximate surface area is 210 Å². The third-order valence-electron chi connectivity index (χ3n) is 4.97. The zero-order valence-electron chi connectivity index (χ0n) is 19.3. The third kappa shape index (κ3) is 6.25. The molecule has 0 bridgehead atoms. The summed E-state index contributed by atoms with van der Waals surface area (Å²) >= 11 is 0. The molecule has 38 heavy (non-hydrogen) atoms. The number of carbonyl (C=O) groups is 2. The van der Waals surface area contributed by atoms with E-state index in [0.29, 0.717) is 6.07 Å². The Morgan fingerprint density at radius 2 is 1.45 bits per heavy atom. The van der Waals surface area contributed by atoms with Crippen LogP contribution in [-0.2, 0) is 9.57 Å². The van der Waals surface area contributed by atoms with Gasteiger partial charge in [0.05, 0.1) is 11.3 Å². The minimum absolute atomic E-state index is 0.154. The van der Waals surface area contributed by atoms with Crippen molar-refractivity contribution in [3.8, 4) is 0 Å². The Kier molecular flexibility index (Phi) is 9.00. The topological polar surface area (TPSA) is 65.0 Å². The Hall–Kier alpha value is -4.48. The summed E-state index contributed by atoms with van der Waals surface area (Å²) in [6.07, 6.45) is 1.28. The maximum Gasteiger partial charge on any atom is 0.371 e. The molecule has 0 saturated heterocycles. The molecule has 0 amide bonds. The molecule has 5 nitrogen and oxygen atoms in total. The zero-order chi connectivity index (χ0) is 28.0. The van der Waals surface area contributed by atoms with Crippen LogP contribution >= 0.6 is 0 Å². The van der Waals surface area contributed by atoms with Gasteiger partial charge in [-0.1, -0.05) is 41.6 Å². The van der Waals surface area contributed by atoms with Gasteiger partial charge in [-0.05, 0) is 30.7 Å². The standard InChI is InChI=1S/C26H16F7NO4/c1-2-6-15(37-25(35)16-10-9-14(27)11-17(16)28)12-18(13-7-4-3-5-8-13)34-38-26(36)19-20(29)22(31)24(33)23(32)21(19)30/h2-11,15H,12H2,1H3/b6-2+,34-18-. The lowest BCUT2D eigenvalue weighted by Crippen LogP contribution is -2.22. The highest BCUT2D eigenvalue weighted by molar-refractivity contribution is 6.01. The average molecular weight is 539 g/mol. The van der Waals surface area contributed by atoms with E-state index >= 15 is 0 Å². The van der Waals surface area contributed by atoms with Gasteiger partial charge in [-0.2, -0.15) is 0 Å². The molecule has 0 spiro atoms. The molecular formula is C26H16F7NO4. The van der Waals surface area contributed by atoms with Crippen molar-refractivity contribution in [1.29, 1.82) is 0 Å². The van der Waals surface area contributed by atoms with Gasteiger partial charge in [0.1, 0.15) is 23.3 Å². The fourth-order valence-electron chi connectivity index (χ4n) is 3.17. The predicted molar refractivity (Wildman–Crippen MR) is 120 cm³/mol. The van der Waals surface area contributed by atoms with Gasteiger partial charge in [-0.25, -0.2) is 40.3 Å². The lowest BCUT2D eigenvalue weighted by atomic mass is 10.0. The van der Waals surface area contributed by atoms with Crippen molar-refractivity contribution >= 4 is 17.7 Å². The van der Waals surface area contributed by atoms with E-state index in [2.05, 4.69) is 9.99 Å². The Balaban J connectivity index is 1.92. The Morgan fingerprint density at radius 1 is 0.842 bits per heavy atom. The maximum absolute atomic E-state index is 14.0. The molecule has 0 aliphatic rings. The number of benzene rings is 3. The van der Waals surface area contributed by atoms with Crippen molar-refractivity contribution in [1.82, 2.24) is 0 Å². The Bertz CT molecular complexity index is 1400. The molecule has 0 radical (unpaired) electrons. The number of oxime groups is 1. The van der Waals surface area contributed by atoms with Crippen molar-refractivity contribution in [2.75, 3.05) is 0 Å². The van der Waals surface area contributed by atoms with E-state index in [9.17, 15) is 40.3 Å². The maximum atomic E-state index is 14.0. The number of ether oxygens (including phenoxy) is 1. The molecular weight excluding hydrogens is 523 g/mol. The molecule has 0 aliphatic carbocycles. The summed E-state index contributed by atoms with van der Waals surface area (Å²) in [4.78, 5) is 29.2. The van der Waals surface area contributed by atoms with Crippen LogP contribution in [0.2, 0.25) is 0 Å². The minimum Gasteiger partial charge on any atom is -0.454 e. The molecule has 3 aromatic rings. The van der Waals surface area contributed by atoms with Gasteiger partial charge in [0.2, 0.25) is 5.82 Å². The number of hydrogen-bond donors (Lipinski definition) is 0. The van der Waals surface area contributed by atoms with Gasteiger partial charge in [0.25, 0.3) is 0 Å². The van der Waals surface area contributed by atoms with Crippen LogP contribution in [0.4, 0.5) is 30.7 Å². The van der Waals surface area contributed by atoms with E-state index in [-0.39, 0.29) is 17.7 Å². The summed E-state index contributed by atoms with van der Waals surface area (Å²) in [6, 6.07) is 9.85. The van der Waals surface area contributed by atoms with Crippen molar-refractivity contribution in [2.24, 2.45) is 5.16 Å². The molecule has 3 aromatic carbocycles. The number of nitrogens with zero attached hydrogens (tertiary/aromatic N) is 1. The average Bonchev–Trinajstić information content (AvgIpc) is 2.89. The molecule has 12 heteroatoms. The van der Waals surface area contributed by atoms with Crippen LogP contribution in [0.25, 0.3) is 0 Å². The Morgan fingerprint density at radius 3 is 2.03 bits per heavy atom. The second-order valence-electron chi connectivity index (χ2n) is 7.53. The van der Waals surface area contributed by atoms with Crippen LogP contribution in [-0.4, -0.2) is 23.8 Å². The van der Waals surface area contributed by atoms with E-state index in [1.165, 1.54) is 24.3 Å². The predicted octanol–water partition coefficient (Wildman–Crippen LogP) is 6.41. The highest BCUT2D eigenvalue weighted by atomic mass is 19.2. The van der Waals surface area contributed by atoms with Crippen molar-refractivity contribution < 1.29 is 49.9 Å². The van der Waals surface area contributed by atoms with Gasteiger partial charge >= 0.3 is 11.9 Å². The third-order valence-corrected chi connectivity index (χ3v) is 4.97. The highest BCUT2D eigenvalue weighted by Crippen LogP contribution is 2.24. The summed E-state index contributed by atoms with van der Waals surface area (Å²) in [6.45, 7) is 1.56. The number of halogens is 7.